The first kappa shape index (κ1) is 15.5. The first-order chi connectivity index (χ1) is 10.7. The average Bonchev–Trinajstić information content (AvgIpc) is 2.83. The fraction of sp³-hybridized carbons (Fsp3) is 0.417. The molecular weight excluding hydrogens is 330 g/mol. The third-order valence-corrected chi connectivity index (χ3v) is 4.25. The quantitative estimate of drug-likeness (QED) is 0.713. The van der Waals surface area contributed by atoms with Crippen molar-refractivity contribution in [2.24, 2.45) is 0 Å². The molecule has 0 fully saturated rings. The molecule has 124 valence electrons. The highest BCUT2D eigenvalue weighted by atomic mass is 32.2. The highest BCUT2D eigenvalue weighted by Crippen LogP contribution is 2.39. The van der Waals surface area contributed by atoms with Gasteiger partial charge < -0.3 is 5.11 Å². The Kier molecular flexibility index (Phi) is 3.41. The molecule has 0 saturated heterocycles. The third-order valence-electron chi connectivity index (χ3n) is 3.68. The Labute approximate surface area is 130 Å². The number of hydrogen-bond donors (Lipinski definition) is 1. The smallest absolute Gasteiger partial charge is 0.412 e. The lowest BCUT2D eigenvalue weighted by Gasteiger charge is -2.31. The number of rotatable bonds is 3. The van der Waals surface area contributed by atoms with Crippen LogP contribution in [0.3, 0.4) is 0 Å². The van der Waals surface area contributed by atoms with Crippen LogP contribution in [0.15, 0.2) is 16.9 Å². The van der Waals surface area contributed by atoms with Gasteiger partial charge >= 0.3 is 6.09 Å². The number of carbonyl (C=O) groups is 2. The van der Waals surface area contributed by atoms with Gasteiger partial charge in [-0.1, -0.05) is 0 Å². The van der Waals surface area contributed by atoms with Crippen molar-refractivity contribution < 1.29 is 27.3 Å². The van der Waals surface area contributed by atoms with E-state index in [-0.39, 0.29) is 31.2 Å². The van der Waals surface area contributed by atoms with Crippen molar-refractivity contribution in [3.8, 4) is 0 Å². The van der Waals surface area contributed by atoms with Gasteiger partial charge in [0.1, 0.15) is 12.4 Å². The summed E-state index contributed by atoms with van der Waals surface area (Å²) in [4.78, 5) is 37.7. The number of hydrogen-bond acceptors (Lipinski definition) is 6. The highest BCUT2D eigenvalue weighted by Gasteiger charge is 2.42. The number of pyridine rings is 1. The van der Waals surface area contributed by atoms with E-state index in [9.17, 15) is 27.9 Å². The standard InChI is InChI=1S/C12H13N3O7S/c1-23(20,21)22-6-7-4-14-10(17)5-13(12(18)19)8-2-3-9(16)15(7)11(8)14/h2-3,7H,4-6H2,1H3,(H,18,19). The van der Waals surface area contributed by atoms with Gasteiger partial charge in [-0.25, -0.2) is 4.79 Å². The topological polar surface area (TPSA) is 126 Å². The predicted octanol–water partition coefficient (Wildman–Crippen LogP) is -0.790. The van der Waals surface area contributed by atoms with E-state index < -0.39 is 33.7 Å². The van der Waals surface area contributed by atoms with Gasteiger partial charge in [0.15, 0.2) is 0 Å². The van der Waals surface area contributed by atoms with Gasteiger partial charge in [0.25, 0.3) is 15.7 Å². The Morgan fingerprint density at radius 1 is 1.39 bits per heavy atom. The summed E-state index contributed by atoms with van der Waals surface area (Å²) < 4.78 is 28.2. The zero-order chi connectivity index (χ0) is 16.9. The summed E-state index contributed by atoms with van der Waals surface area (Å²) in [6.07, 6.45) is -0.426. The second-order valence-corrected chi connectivity index (χ2v) is 6.91. The minimum atomic E-state index is -3.71. The fourth-order valence-electron chi connectivity index (χ4n) is 2.77. The van der Waals surface area contributed by atoms with Gasteiger partial charge in [-0.2, -0.15) is 8.42 Å². The summed E-state index contributed by atoms with van der Waals surface area (Å²) in [6, 6.07) is 1.81. The first-order valence-corrected chi connectivity index (χ1v) is 8.41. The number of carbonyl (C=O) groups excluding carboxylic acids is 1. The lowest BCUT2D eigenvalue weighted by atomic mass is 10.2. The number of aromatic nitrogens is 1. The molecule has 1 aromatic rings. The average molecular weight is 343 g/mol. The summed E-state index contributed by atoms with van der Waals surface area (Å²) in [7, 11) is -3.71. The number of carboxylic acid groups (broad SMARTS) is 1. The Balaban J connectivity index is 2.09. The molecule has 2 amide bonds. The SMILES string of the molecule is CS(=O)(=O)OCC1CN2C(=O)CN(C(=O)O)c3ccc(=O)n1c32. The summed E-state index contributed by atoms with van der Waals surface area (Å²) in [5.74, 6) is -0.334. The highest BCUT2D eigenvalue weighted by molar-refractivity contribution is 7.85. The van der Waals surface area contributed by atoms with Crippen LogP contribution in [0.2, 0.25) is 0 Å². The van der Waals surface area contributed by atoms with Crippen LogP contribution in [0.4, 0.5) is 16.3 Å². The molecule has 1 unspecified atom stereocenters. The number of anilines is 2. The van der Waals surface area contributed by atoms with Gasteiger partial charge in [-0.05, 0) is 6.07 Å². The maximum atomic E-state index is 12.1. The van der Waals surface area contributed by atoms with E-state index in [1.54, 1.807) is 0 Å². The Bertz CT molecular complexity index is 860. The molecule has 10 nitrogen and oxygen atoms in total. The van der Waals surface area contributed by atoms with Crippen molar-refractivity contribution in [1.29, 1.82) is 0 Å². The molecule has 1 N–H and O–H groups in total. The van der Waals surface area contributed by atoms with E-state index in [2.05, 4.69) is 0 Å². The number of amides is 2. The lowest BCUT2D eigenvalue weighted by Crippen LogP contribution is -2.47. The van der Waals surface area contributed by atoms with E-state index in [0.717, 1.165) is 11.2 Å². The monoisotopic (exact) mass is 343 g/mol. The molecule has 0 bridgehead atoms. The largest absolute Gasteiger partial charge is 0.465 e. The van der Waals surface area contributed by atoms with Crippen LogP contribution in [0.5, 0.6) is 0 Å². The van der Waals surface area contributed by atoms with E-state index >= 15 is 0 Å². The van der Waals surface area contributed by atoms with Crippen LogP contribution < -0.4 is 15.4 Å². The van der Waals surface area contributed by atoms with Crippen LogP contribution in [-0.4, -0.2) is 56.0 Å². The summed E-state index contributed by atoms with van der Waals surface area (Å²) >= 11 is 0. The van der Waals surface area contributed by atoms with E-state index in [0.29, 0.717) is 0 Å². The van der Waals surface area contributed by atoms with Gasteiger partial charge in [0, 0.05) is 6.07 Å². The van der Waals surface area contributed by atoms with Crippen LogP contribution in [-0.2, 0) is 19.1 Å². The molecule has 0 radical (unpaired) electrons. The Morgan fingerprint density at radius 2 is 2.09 bits per heavy atom. The van der Waals surface area contributed by atoms with Gasteiger partial charge in [0.05, 0.1) is 31.1 Å². The van der Waals surface area contributed by atoms with Crippen molar-refractivity contribution in [3.05, 3.63) is 22.5 Å². The van der Waals surface area contributed by atoms with Crippen molar-refractivity contribution in [3.63, 3.8) is 0 Å². The summed E-state index contributed by atoms with van der Waals surface area (Å²) in [5.41, 5.74) is -0.257. The second kappa shape index (κ2) is 5.06. The zero-order valence-electron chi connectivity index (χ0n) is 12.0. The molecule has 0 saturated carbocycles. The molecule has 23 heavy (non-hydrogen) atoms. The van der Waals surface area contributed by atoms with E-state index in [1.807, 2.05) is 0 Å². The molecular formula is C12H13N3O7S. The third kappa shape index (κ3) is 2.57. The molecule has 0 spiro atoms. The van der Waals surface area contributed by atoms with E-state index in [4.69, 9.17) is 4.18 Å². The van der Waals surface area contributed by atoms with Crippen LogP contribution >= 0.6 is 0 Å². The van der Waals surface area contributed by atoms with Crippen molar-refractivity contribution >= 4 is 33.6 Å². The molecule has 2 aliphatic heterocycles. The Morgan fingerprint density at radius 3 is 2.70 bits per heavy atom. The second-order valence-electron chi connectivity index (χ2n) is 5.27. The van der Waals surface area contributed by atoms with Crippen molar-refractivity contribution in [1.82, 2.24) is 4.57 Å². The normalized spacial score (nSPS) is 19.9. The summed E-state index contributed by atoms with van der Waals surface area (Å²) in [5, 5.41) is 9.21. The Hall–Kier alpha value is -2.40. The molecule has 11 heteroatoms. The zero-order valence-corrected chi connectivity index (χ0v) is 12.8. The molecule has 3 rings (SSSR count). The van der Waals surface area contributed by atoms with Crippen molar-refractivity contribution in [2.45, 2.75) is 6.04 Å². The molecule has 0 aromatic carbocycles. The maximum Gasteiger partial charge on any atom is 0.412 e. The minimum Gasteiger partial charge on any atom is -0.465 e. The number of nitrogens with zero attached hydrogens (tertiary/aromatic N) is 3. The fourth-order valence-corrected chi connectivity index (χ4v) is 3.17. The molecule has 0 aliphatic carbocycles. The van der Waals surface area contributed by atoms with E-state index in [1.165, 1.54) is 21.6 Å². The first-order valence-electron chi connectivity index (χ1n) is 6.60. The van der Waals surface area contributed by atoms with Crippen LogP contribution in [0, 0.1) is 0 Å². The van der Waals surface area contributed by atoms with Crippen LogP contribution in [0.25, 0.3) is 0 Å². The van der Waals surface area contributed by atoms with Gasteiger partial charge in [-0.3, -0.25) is 28.1 Å². The summed E-state index contributed by atoms with van der Waals surface area (Å²) in [6.45, 7) is -0.625. The molecule has 1 atom stereocenters. The predicted molar refractivity (Wildman–Crippen MR) is 78.3 cm³/mol. The maximum absolute atomic E-state index is 12.1. The minimum absolute atomic E-state index is 0.0497. The van der Waals surface area contributed by atoms with Crippen LogP contribution in [0.1, 0.15) is 6.04 Å². The van der Waals surface area contributed by atoms with Crippen molar-refractivity contribution in [2.75, 3.05) is 35.8 Å². The van der Waals surface area contributed by atoms with Gasteiger partial charge in [-0.15, -0.1) is 0 Å². The lowest BCUT2D eigenvalue weighted by molar-refractivity contribution is -0.117. The molecule has 1 aromatic heterocycles. The molecule has 3 heterocycles. The van der Waals surface area contributed by atoms with Gasteiger partial charge in [0.2, 0.25) is 5.91 Å². The molecule has 2 aliphatic rings.